The number of hydrogen-bond acceptors (Lipinski definition) is 3. The van der Waals surface area contributed by atoms with Crippen molar-refractivity contribution in [1.82, 2.24) is 9.97 Å². The number of halogens is 5. The third-order valence-electron chi connectivity index (χ3n) is 1.47. The summed E-state index contributed by atoms with van der Waals surface area (Å²) in [4.78, 5) is 7.99. The molecule has 0 aliphatic rings. The van der Waals surface area contributed by atoms with Crippen molar-refractivity contribution in [2.24, 2.45) is 0 Å². The van der Waals surface area contributed by atoms with E-state index in [1.54, 1.807) is 0 Å². The predicted octanol–water partition coefficient (Wildman–Crippen LogP) is 2.78. The Morgan fingerprint density at radius 3 is 2.53 bits per heavy atom. The Labute approximate surface area is 93.8 Å². The van der Waals surface area contributed by atoms with E-state index >= 15 is 0 Å². The molecule has 0 fully saturated rings. The van der Waals surface area contributed by atoms with E-state index in [9.17, 15) is 13.2 Å². The van der Waals surface area contributed by atoms with Gasteiger partial charge in [0.05, 0.1) is 6.20 Å². The van der Waals surface area contributed by atoms with Gasteiger partial charge in [-0.3, -0.25) is 0 Å². The number of anilines is 1. The van der Waals surface area contributed by atoms with Crippen LogP contribution in [-0.2, 0) is 0 Å². The number of hydrogen-bond donors (Lipinski definition) is 0. The molecule has 0 radical (unpaired) electrons. The van der Waals surface area contributed by atoms with Crippen LogP contribution in [0.5, 0.6) is 0 Å². The van der Waals surface area contributed by atoms with Gasteiger partial charge in [0.15, 0.2) is 5.82 Å². The predicted molar refractivity (Wildman–Crippen MR) is 51.4 cm³/mol. The minimum absolute atomic E-state index is 0.0196. The van der Waals surface area contributed by atoms with Gasteiger partial charge in [-0.1, -0.05) is 11.6 Å². The molecule has 3 nitrogen and oxygen atoms in total. The van der Waals surface area contributed by atoms with Crippen LogP contribution in [0.2, 0.25) is 10.3 Å². The molecule has 1 aromatic rings. The molecule has 0 amide bonds. The van der Waals surface area contributed by atoms with Gasteiger partial charge in [-0.05, 0) is 11.6 Å². The molecule has 15 heavy (non-hydrogen) atoms. The van der Waals surface area contributed by atoms with Gasteiger partial charge in [-0.25, -0.2) is 4.98 Å². The molecular weight excluding hydrogens is 254 g/mol. The van der Waals surface area contributed by atoms with Crippen LogP contribution in [-0.4, -0.2) is 29.7 Å². The first-order valence-electron chi connectivity index (χ1n) is 3.75. The third-order valence-corrected chi connectivity index (χ3v) is 1.92. The summed E-state index contributed by atoms with van der Waals surface area (Å²) < 4.78 is 36.2. The van der Waals surface area contributed by atoms with Crippen molar-refractivity contribution in [2.75, 3.05) is 18.5 Å². The summed E-state index contributed by atoms with van der Waals surface area (Å²) in [5.41, 5.74) is 0. The van der Waals surface area contributed by atoms with E-state index in [4.69, 9.17) is 23.2 Å². The van der Waals surface area contributed by atoms with Crippen molar-refractivity contribution in [3.63, 3.8) is 0 Å². The molecule has 1 aromatic heterocycles. The summed E-state index contributed by atoms with van der Waals surface area (Å²) in [5.74, 6) is -0.0472. The molecule has 84 valence electrons. The molecule has 1 heterocycles. The summed E-state index contributed by atoms with van der Waals surface area (Å²) in [6.07, 6.45) is -3.17. The lowest BCUT2D eigenvalue weighted by Gasteiger charge is -2.20. The Morgan fingerprint density at radius 1 is 1.40 bits per heavy atom. The normalized spacial score (nSPS) is 11.6. The van der Waals surface area contributed by atoms with E-state index in [0.717, 1.165) is 11.1 Å². The van der Waals surface area contributed by atoms with Crippen LogP contribution in [0.15, 0.2) is 6.20 Å². The minimum atomic E-state index is -4.32. The van der Waals surface area contributed by atoms with Crippen LogP contribution in [0.1, 0.15) is 0 Å². The molecule has 0 aliphatic heterocycles. The highest BCUT2D eigenvalue weighted by molar-refractivity contribution is 6.33. The Bertz CT molecular complexity index is 356. The molecule has 0 unspecified atom stereocenters. The topological polar surface area (TPSA) is 29.0 Å². The Hall–Kier alpha value is -0.750. The van der Waals surface area contributed by atoms with Crippen LogP contribution in [0.4, 0.5) is 19.0 Å². The van der Waals surface area contributed by atoms with Crippen LogP contribution < -0.4 is 4.90 Å². The van der Waals surface area contributed by atoms with Gasteiger partial charge in [0, 0.05) is 7.05 Å². The molecule has 0 aromatic carbocycles. The van der Waals surface area contributed by atoms with Crippen LogP contribution in [0, 0.1) is 0 Å². The fourth-order valence-electron chi connectivity index (χ4n) is 0.949. The average Bonchev–Trinajstić information content (AvgIpc) is 2.06. The van der Waals surface area contributed by atoms with Crippen molar-refractivity contribution < 1.29 is 13.2 Å². The number of nitrogens with zero attached hydrogens (tertiary/aromatic N) is 3. The first-order chi connectivity index (χ1) is 6.79. The van der Waals surface area contributed by atoms with Crippen molar-refractivity contribution in [3.05, 3.63) is 16.5 Å². The summed E-state index contributed by atoms with van der Waals surface area (Å²) >= 11 is 11.1. The van der Waals surface area contributed by atoms with Crippen molar-refractivity contribution in [2.45, 2.75) is 6.18 Å². The highest BCUT2D eigenvalue weighted by Crippen LogP contribution is 2.25. The molecule has 0 saturated carbocycles. The zero-order valence-corrected chi connectivity index (χ0v) is 9.03. The molecule has 0 spiro atoms. The van der Waals surface area contributed by atoms with Gasteiger partial charge in [0.25, 0.3) is 0 Å². The van der Waals surface area contributed by atoms with Crippen molar-refractivity contribution in [1.29, 1.82) is 0 Å². The highest BCUT2D eigenvalue weighted by Gasteiger charge is 2.30. The fourth-order valence-corrected chi connectivity index (χ4v) is 1.31. The standard InChI is InChI=1S/C7H6Cl2F3N3/c1-15(3-7(10,11)12)5-4(8)2-13-6(9)14-5/h2H,3H2,1H3. The maximum atomic E-state index is 12.1. The van der Waals surface area contributed by atoms with E-state index in [1.165, 1.54) is 7.05 Å². The smallest absolute Gasteiger partial charge is 0.349 e. The van der Waals surface area contributed by atoms with E-state index in [0.29, 0.717) is 0 Å². The van der Waals surface area contributed by atoms with Gasteiger partial charge in [0.2, 0.25) is 5.28 Å². The lowest BCUT2D eigenvalue weighted by atomic mass is 10.5. The monoisotopic (exact) mass is 259 g/mol. The second kappa shape index (κ2) is 4.40. The molecular formula is C7H6Cl2F3N3. The maximum Gasteiger partial charge on any atom is 0.405 e. The zero-order valence-electron chi connectivity index (χ0n) is 7.52. The Morgan fingerprint density at radius 2 is 2.00 bits per heavy atom. The molecule has 0 bridgehead atoms. The van der Waals surface area contributed by atoms with Crippen LogP contribution >= 0.6 is 23.2 Å². The molecule has 0 atom stereocenters. The molecule has 0 N–H and O–H groups in total. The SMILES string of the molecule is CN(CC(F)(F)F)c1nc(Cl)ncc1Cl. The quantitative estimate of drug-likeness (QED) is 0.765. The maximum absolute atomic E-state index is 12.1. The van der Waals surface area contributed by atoms with E-state index in [2.05, 4.69) is 9.97 Å². The van der Waals surface area contributed by atoms with Crippen molar-refractivity contribution in [3.8, 4) is 0 Å². The van der Waals surface area contributed by atoms with Crippen LogP contribution in [0.25, 0.3) is 0 Å². The molecule has 1 rings (SSSR count). The van der Waals surface area contributed by atoms with E-state index in [-0.39, 0.29) is 16.1 Å². The fraction of sp³-hybridized carbons (Fsp3) is 0.429. The second-order valence-electron chi connectivity index (χ2n) is 2.78. The molecule has 0 aliphatic carbocycles. The van der Waals surface area contributed by atoms with Gasteiger partial charge in [0.1, 0.15) is 11.6 Å². The third kappa shape index (κ3) is 3.71. The lowest BCUT2D eigenvalue weighted by Crippen LogP contribution is -2.31. The summed E-state index contributed by atoms with van der Waals surface area (Å²) in [6, 6.07) is 0. The Balaban J connectivity index is 2.90. The average molecular weight is 260 g/mol. The number of alkyl halides is 3. The summed E-state index contributed by atoms with van der Waals surface area (Å²) in [7, 11) is 1.22. The van der Waals surface area contributed by atoms with Crippen LogP contribution in [0.3, 0.4) is 0 Å². The highest BCUT2D eigenvalue weighted by atomic mass is 35.5. The first-order valence-corrected chi connectivity index (χ1v) is 4.51. The van der Waals surface area contributed by atoms with Gasteiger partial charge < -0.3 is 4.90 Å². The number of aromatic nitrogens is 2. The first kappa shape index (κ1) is 12.3. The van der Waals surface area contributed by atoms with Gasteiger partial charge in [-0.15, -0.1) is 0 Å². The Kier molecular flexibility index (Phi) is 3.62. The van der Waals surface area contributed by atoms with Crippen molar-refractivity contribution >= 4 is 29.0 Å². The lowest BCUT2D eigenvalue weighted by molar-refractivity contribution is -0.119. The second-order valence-corrected chi connectivity index (χ2v) is 3.53. The largest absolute Gasteiger partial charge is 0.405 e. The molecule has 8 heteroatoms. The van der Waals surface area contributed by atoms with Gasteiger partial charge >= 0.3 is 6.18 Å². The van der Waals surface area contributed by atoms with E-state index < -0.39 is 12.7 Å². The van der Waals surface area contributed by atoms with E-state index in [1.807, 2.05) is 0 Å². The zero-order chi connectivity index (χ0) is 11.6. The number of rotatable bonds is 2. The van der Waals surface area contributed by atoms with Gasteiger partial charge in [-0.2, -0.15) is 18.2 Å². The summed E-state index contributed by atoms with van der Waals surface area (Å²) in [6.45, 7) is -1.15. The summed E-state index contributed by atoms with van der Waals surface area (Å²) in [5, 5.41) is -0.130. The molecule has 0 saturated heterocycles. The minimum Gasteiger partial charge on any atom is -0.349 e.